The molecule has 0 unspecified atom stereocenters. The fourth-order valence-electron chi connectivity index (χ4n) is 4.09. The van der Waals surface area contributed by atoms with E-state index in [1.165, 1.54) is 0 Å². The van der Waals surface area contributed by atoms with E-state index in [0.29, 0.717) is 37.7 Å². The molecule has 0 radical (unpaired) electrons. The zero-order valence-electron chi connectivity index (χ0n) is 18.5. The molecule has 2 aromatic rings. The summed E-state index contributed by atoms with van der Waals surface area (Å²) < 4.78 is 11.4. The van der Waals surface area contributed by atoms with Crippen LogP contribution in [-0.4, -0.2) is 50.3 Å². The lowest BCUT2D eigenvalue weighted by Crippen LogP contribution is -2.45. The van der Waals surface area contributed by atoms with Crippen LogP contribution >= 0.6 is 11.6 Å². The summed E-state index contributed by atoms with van der Waals surface area (Å²) >= 11 is 6.47. The Balaban J connectivity index is 1.62. The molecule has 168 valence electrons. The van der Waals surface area contributed by atoms with Gasteiger partial charge >= 0.3 is 0 Å². The predicted octanol–water partition coefficient (Wildman–Crippen LogP) is 5.14. The van der Waals surface area contributed by atoms with Crippen molar-refractivity contribution in [3.63, 3.8) is 0 Å². The van der Waals surface area contributed by atoms with Gasteiger partial charge in [0.2, 0.25) is 5.91 Å². The minimum Gasteiger partial charge on any atom is -0.494 e. The van der Waals surface area contributed by atoms with E-state index >= 15 is 0 Å². The average molecular weight is 445 g/mol. The van der Waals surface area contributed by atoms with Gasteiger partial charge in [-0.05, 0) is 68.2 Å². The maximum Gasteiger partial charge on any atom is 0.235 e. The van der Waals surface area contributed by atoms with Crippen molar-refractivity contribution in [3.05, 3.63) is 59.1 Å². The molecule has 0 saturated carbocycles. The standard InChI is InChI=1S/C25H33ClN2O3/c1-3-28(4-2)16-7-17-31-21-12-10-20(11-13-21)27-24(29)25(14-18-30-19-15-25)22-8-5-6-9-23(22)26/h5-6,8-13H,3-4,7,14-19H2,1-2H3,(H,27,29). The summed E-state index contributed by atoms with van der Waals surface area (Å²) in [5.41, 5.74) is 0.931. The van der Waals surface area contributed by atoms with Gasteiger partial charge in [0.1, 0.15) is 5.75 Å². The van der Waals surface area contributed by atoms with E-state index in [9.17, 15) is 4.79 Å². The summed E-state index contributed by atoms with van der Waals surface area (Å²) in [5, 5.41) is 3.71. The zero-order valence-corrected chi connectivity index (χ0v) is 19.3. The van der Waals surface area contributed by atoms with E-state index in [2.05, 4.69) is 24.1 Å². The molecular weight excluding hydrogens is 412 g/mol. The summed E-state index contributed by atoms with van der Waals surface area (Å²) in [6.07, 6.45) is 2.20. The van der Waals surface area contributed by atoms with Crippen LogP contribution in [-0.2, 0) is 14.9 Å². The molecule has 1 heterocycles. The van der Waals surface area contributed by atoms with Gasteiger partial charge in [0.05, 0.1) is 12.0 Å². The van der Waals surface area contributed by atoms with Crippen LogP contribution in [0.3, 0.4) is 0 Å². The van der Waals surface area contributed by atoms with E-state index in [0.717, 1.165) is 43.1 Å². The van der Waals surface area contributed by atoms with Crippen LogP contribution in [0.2, 0.25) is 5.02 Å². The number of rotatable bonds is 10. The van der Waals surface area contributed by atoms with Gasteiger partial charge in [0.25, 0.3) is 0 Å². The molecule has 1 N–H and O–H groups in total. The van der Waals surface area contributed by atoms with Crippen molar-refractivity contribution < 1.29 is 14.3 Å². The fraction of sp³-hybridized carbons (Fsp3) is 0.480. The first-order valence-corrected chi connectivity index (χ1v) is 11.6. The maximum absolute atomic E-state index is 13.4. The van der Waals surface area contributed by atoms with Crippen LogP contribution in [0, 0.1) is 0 Å². The van der Waals surface area contributed by atoms with E-state index in [1.807, 2.05) is 48.5 Å². The number of carbonyl (C=O) groups excluding carboxylic acids is 1. The third kappa shape index (κ3) is 6.00. The highest BCUT2D eigenvalue weighted by molar-refractivity contribution is 6.31. The highest BCUT2D eigenvalue weighted by atomic mass is 35.5. The number of hydrogen-bond acceptors (Lipinski definition) is 4. The molecule has 1 fully saturated rings. The number of anilines is 1. The Morgan fingerprint density at radius 1 is 1.10 bits per heavy atom. The first-order chi connectivity index (χ1) is 15.1. The van der Waals surface area contributed by atoms with E-state index in [1.54, 1.807) is 0 Å². The molecule has 2 aromatic carbocycles. The number of hydrogen-bond donors (Lipinski definition) is 1. The van der Waals surface area contributed by atoms with Gasteiger partial charge in [-0.1, -0.05) is 43.6 Å². The SMILES string of the molecule is CCN(CC)CCCOc1ccc(NC(=O)C2(c3ccccc3Cl)CCOCC2)cc1. The quantitative estimate of drug-likeness (QED) is 0.515. The Bertz CT molecular complexity index is 831. The smallest absolute Gasteiger partial charge is 0.235 e. The van der Waals surface area contributed by atoms with Gasteiger partial charge in [-0.3, -0.25) is 4.79 Å². The Labute approximate surface area is 190 Å². The highest BCUT2D eigenvalue weighted by Crippen LogP contribution is 2.39. The molecule has 3 rings (SSSR count). The van der Waals surface area contributed by atoms with Crippen molar-refractivity contribution >= 4 is 23.2 Å². The summed E-state index contributed by atoms with van der Waals surface area (Å²) in [5.74, 6) is 0.765. The van der Waals surface area contributed by atoms with Gasteiger partial charge in [-0.25, -0.2) is 0 Å². The number of amides is 1. The molecule has 0 atom stereocenters. The molecule has 31 heavy (non-hydrogen) atoms. The lowest BCUT2D eigenvalue weighted by Gasteiger charge is -2.36. The second-order valence-corrected chi connectivity index (χ2v) is 8.29. The van der Waals surface area contributed by atoms with Gasteiger partial charge in [-0.2, -0.15) is 0 Å². The largest absolute Gasteiger partial charge is 0.494 e. The molecule has 0 aromatic heterocycles. The van der Waals surface area contributed by atoms with Gasteiger partial charge in [0.15, 0.2) is 0 Å². The third-order valence-electron chi connectivity index (χ3n) is 6.06. The fourth-order valence-corrected chi connectivity index (χ4v) is 4.41. The molecule has 0 aliphatic carbocycles. The lowest BCUT2D eigenvalue weighted by atomic mass is 9.73. The number of carbonyl (C=O) groups is 1. The predicted molar refractivity (Wildman–Crippen MR) is 126 cm³/mol. The average Bonchev–Trinajstić information content (AvgIpc) is 2.81. The molecule has 1 amide bonds. The summed E-state index contributed by atoms with van der Waals surface area (Å²) in [7, 11) is 0. The van der Waals surface area contributed by atoms with E-state index in [-0.39, 0.29) is 5.91 Å². The van der Waals surface area contributed by atoms with Crippen molar-refractivity contribution in [1.29, 1.82) is 0 Å². The van der Waals surface area contributed by atoms with Gasteiger partial charge in [0, 0.05) is 30.5 Å². The number of nitrogens with zero attached hydrogens (tertiary/aromatic N) is 1. The second-order valence-electron chi connectivity index (χ2n) is 7.88. The lowest BCUT2D eigenvalue weighted by molar-refractivity contribution is -0.125. The third-order valence-corrected chi connectivity index (χ3v) is 6.39. The molecule has 1 aliphatic heterocycles. The van der Waals surface area contributed by atoms with Crippen molar-refractivity contribution in [1.82, 2.24) is 4.90 Å². The summed E-state index contributed by atoms with van der Waals surface area (Å²) in [6.45, 7) is 9.27. The van der Waals surface area contributed by atoms with Crippen LogP contribution < -0.4 is 10.1 Å². The first kappa shape index (κ1) is 23.6. The van der Waals surface area contributed by atoms with Crippen LogP contribution in [0.5, 0.6) is 5.75 Å². The van der Waals surface area contributed by atoms with Crippen LogP contribution in [0.15, 0.2) is 48.5 Å². The maximum atomic E-state index is 13.4. The molecule has 0 spiro atoms. The molecule has 6 heteroatoms. The Hall–Kier alpha value is -2.08. The second kappa shape index (κ2) is 11.5. The molecule has 5 nitrogen and oxygen atoms in total. The van der Waals surface area contributed by atoms with E-state index in [4.69, 9.17) is 21.1 Å². The minimum absolute atomic E-state index is 0.0446. The molecule has 0 bridgehead atoms. The van der Waals surface area contributed by atoms with Crippen molar-refractivity contribution in [3.8, 4) is 5.75 Å². The number of ether oxygens (including phenoxy) is 2. The van der Waals surface area contributed by atoms with Crippen molar-refractivity contribution in [2.45, 2.75) is 38.5 Å². The number of halogens is 1. The summed E-state index contributed by atoms with van der Waals surface area (Å²) in [6, 6.07) is 15.2. The van der Waals surface area contributed by atoms with Gasteiger partial charge < -0.3 is 19.7 Å². The molecule has 1 saturated heterocycles. The van der Waals surface area contributed by atoms with Crippen molar-refractivity contribution in [2.75, 3.05) is 44.8 Å². The number of benzene rings is 2. The minimum atomic E-state index is -0.684. The van der Waals surface area contributed by atoms with Crippen molar-refractivity contribution in [2.24, 2.45) is 0 Å². The Morgan fingerprint density at radius 3 is 2.42 bits per heavy atom. The zero-order chi connectivity index (χ0) is 22.1. The monoisotopic (exact) mass is 444 g/mol. The first-order valence-electron chi connectivity index (χ1n) is 11.2. The highest BCUT2D eigenvalue weighted by Gasteiger charge is 2.43. The van der Waals surface area contributed by atoms with Crippen LogP contribution in [0.4, 0.5) is 5.69 Å². The van der Waals surface area contributed by atoms with E-state index < -0.39 is 5.41 Å². The van der Waals surface area contributed by atoms with Crippen LogP contribution in [0.1, 0.15) is 38.7 Å². The van der Waals surface area contributed by atoms with Crippen LogP contribution in [0.25, 0.3) is 0 Å². The van der Waals surface area contributed by atoms with Gasteiger partial charge in [-0.15, -0.1) is 0 Å². The molecule has 1 aliphatic rings. The Kier molecular flexibility index (Phi) is 8.76. The molecular formula is C25H33ClN2O3. The normalized spacial score (nSPS) is 15.6. The summed E-state index contributed by atoms with van der Waals surface area (Å²) in [4.78, 5) is 15.8. The Morgan fingerprint density at radius 2 is 1.77 bits per heavy atom. The number of nitrogens with one attached hydrogen (secondary N) is 1. The topological polar surface area (TPSA) is 50.8 Å².